The van der Waals surface area contributed by atoms with Crippen LogP contribution in [0.1, 0.15) is 62.7 Å². The largest absolute Gasteiger partial charge is 0.465 e. The van der Waals surface area contributed by atoms with E-state index < -0.39 is 5.97 Å². The van der Waals surface area contributed by atoms with Gasteiger partial charge in [-0.1, -0.05) is 6.92 Å². The molecule has 0 aromatic carbocycles. The van der Waals surface area contributed by atoms with Gasteiger partial charge in [-0.15, -0.1) is 0 Å². The Hall–Kier alpha value is -2.98. The molecule has 2 aromatic rings. The number of hydrogen-bond acceptors (Lipinski definition) is 9. The number of ether oxygens (including phenoxy) is 1. The van der Waals surface area contributed by atoms with Crippen LogP contribution in [0.5, 0.6) is 0 Å². The molecule has 34 heavy (non-hydrogen) atoms. The van der Waals surface area contributed by atoms with Crippen LogP contribution in [0.3, 0.4) is 0 Å². The van der Waals surface area contributed by atoms with Crippen LogP contribution in [0.4, 0.5) is 11.6 Å². The number of aromatic nitrogens is 2. The molecule has 5 rings (SSSR count). The predicted molar refractivity (Wildman–Crippen MR) is 129 cm³/mol. The van der Waals surface area contributed by atoms with Crippen molar-refractivity contribution in [2.75, 3.05) is 17.7 Å². The first-order chi connectivity index (χ1) is 16.4. The first-order valence-corrected chi connectivity index (χ1v) is 12.2. The predicted octanol–water partition coefficient (Wildman–Crippen LogP) is 2.38. The van der Waals surface area contributed by atoms with Crippen LogP contribution >= 0.6 is 0 Å². The Morgan fingerprint density at radius 2 is 1.91 bits per heavy atom. The first-order valence-electron chi connectivity index (χ1n) is 12.2. The molecule has 5 atom stereocenters. The van der Waals surface area contributed by atoms with Gasteiger partial charge in [-0.3, -0.25) is 15.2 Å². The van der Waals surface area contributed by atoms with Gasteiger partial charge in [-0.05, 0) is 45.1 Å². The van der Waals surface area contributed by atoms with E-state index in [2.05, 4.69) is 38.3 Å². The molecule has 10 heteroatoms. The Labute approximate surface area is 199 Å². The van der Waals surface area contributed by atoms with Crippen molar-refractivity contribution in [1.82, 2.24) is 25.7 Å². The van der Waals surface area contributed by atoms with Crippen LogP contribution < -0.4 is 21.5 Å². The molecule has 4 N–H and O–H groups in total. The van der Waals surface area contributed by atoms with Crippen molar-refractivity contribution in [3.05, 3.63) is 23.9 Å². The highest BCUT2D eigenvalue weighted by molar-refractivity contribution is 5.98. The number of anilines is 2. The number of methoxy groups -OCH3 is 1. The number of carbonyl (C=O) groups is 2. The number of nitrogens with zero attached hydrogens (tertiary/aromatic N) is 3. The lowest BCUT2D eigenvalue weighted by atomic mass is 9.96. The molecule has 0 radical (unpaired) electrons. The maximum Gasteiger partial charge on any atom is 0.339 e. The fraction of sp³-hybridized carbons (Fsp3) is 0.583. The van der Waals surface area contributed by atoms with E-state index in [-0.39, 0.29) is 30.2 Å². The van der Waals surface area contributed by atoms with E-state index in [0.717, 1.165) is 43.0 Å². The van der Waals surface area contributed by atoms with E-state index in [1.165, 1.54) is 13.3 Å². The van der Waals surface area contributed by atoms with Gasteiger partial charge in [0.25, 0.3) is 0 Å². The van der Waals surface area contributed by atoms with Crippen LogP contribution in [-0.2, 0) is 9.53 Å². The molecule has 1 amide bonds. The molecule has 182 valence electrons. The second kappa shape index (κ2) is 9.34. The summed E-state index contributed by atoms with van der Waals surface area (Å²) < 4.78 is 4.89. The molecule has 2 aromatic heterocycles. The van der Waals surface area contributed by atoms with Crippen molar-refractivity contribution in [3.8, 4) is 0 Å². The number of piperidine rings is 1. The Balaban J connectivity index is 1.44. The molecule has 0 aliphatic carbocycles. The van der Waals surface area contributed by atoms with Gasteiger partial charge in [0.15, 0.2) is 0 Å². The maximum absolute atomic E-state index is 12.5. The third kappa shape index (κ3) is 4.39. The van der Waals surface area contributed by atoms with Gasteiger partial charge in [0.2, 0.25) is 5.91 Å². The highest BCUT2D eigenvalue weighted by atomic mass is 16.5. The summed E-state index contributed by atoms with van der Waals surface area (Å²) in [5, 5.41) is 7.86. The number of pyridine rings is 2. The number of nitrogens with one attached hydrogen (secondary N) is 4. The third-order valence-corrected chi connectivity index (χ3v) is 7.18. The molecule has 3 saturated heterocycles. The minimum absolute atomic E-state index is 0.0567. The number of esters is 1. The van der Waals surface area contributed by atoms with Crippen molar-refractivity contribution in [2.24, 2.45) is 0 Å². The lowest BCUT2D eigenvalue weighted by Gasteiger charge is -2.39. The number of hydrogen-bond donors (Lipinski definition) is 4. The summed E-state index contributed by atoms with van der Waals surface area (Å²) >= 11 is 0. The van der Waals surface area contributed by atoms with Crippen molar-refractivity contribution in [3.63, 3.8) is 0 Å². The number of amides is 1. The first kappa shape index (κ1) is 22.8. The van der Waals surface area contributed by atoms with Crippen molar-refractivity contribution < 1.29 is 14.3 Å². The number of fused-ring (bicyclic) bond motifs is 3. The van der Waals surface area contributed by atoms with Crippen LogP contribution in [0.15, 0.2) is 18.3 Å². The molecule has 5 heterocycles. The van der Waals surface area contributed by atoms with Gasteiger partial charge >= 0.3 is 5.97 Å². The Morgan fingerprint density at radius 1 is 1.15 bits per heavy atom. The summed E-state index contributed by atoms with van der Waals surface area (Å²) in [5.74, 6) is 1.22. The zero-order chi connectivity index (χ0) is 23.8. The smallest absolute Gasteiger partial charge is 0.339 e. The maximum atomic E-state index is 12.5. The fourth-order valence-corrected chi connectivity index (χ4v) is 5.60. The lowest BCUT2D eigenvalue weighted by Crippen LogP contribution is -2.49. The molecule has 2 bridgehead atoms. The molecule has 0 spiro atoms. The highest BCUT2D eigenvalue weighted by Gasteiger charge is 2.42. The Bertz CT molecular complexity index is 1080. The Kier molecular flexibility index (Phi) is 6.26. The van der Waals surface area contributed by atoms with Gasteiger partial charge in [0.1, 0.15) is 11.6 Å². The summed E-state index contributed by atoms with van der Waals surface area (Å²) in [5.41, 5.74) is 7.58. The van der Waals surface area contributed by atoms with Crippen LogP contribution in [-0.4, -0.2) is 64.2 Å². The van der Waals surface area contributed by atoms with E-state index in [0.29, 0.717) is 29.7 Å². The number of hydrazine groups is 1. The summed E-state index contributed by atoms with van der Waals surface area (Å²) in [7, 11) is 1.36. The van der Waals surface area contributed by atoms with Crippen LogP contribution in [0.2, 0.25) is 0 Å². The number of carbonyl (C=O) groups excluding carboxylic acids is 2. The zero-order valence-electron chi connectivity index (χ0n) is 19.9. The molecule has 3 aliphatic rings. The molecule has 3 fully saturated rings. The molecular weight excluding hydrogens is 434 g/mol. The molecule has 3 aliphatic heterocycles. The second-order valence-corrected chi connectivity index (χ2v) is 9.61. The Morgan fingerprint density at radius 3 is 2.56 bits per heavy atom. The lowest BCUT2D eigenvalue weighted by molar-refractivity contribution is -0.135. The van der Waals surface area contributed by atoms with E-state index >= 15 is 0 Å². The van der Waals surface area contributed by atoms with Crippen molar-refractivity contribution in [1.29, 1.82) is 0 Å². The SMILES string of the molecule is CCC(=O)N1[C@@H]2CC[C@H]1CC(Nc1nc(NC3CC(C)NN3)cc3ncc(C(=O)OC)cc13)C2. The second-order valence-electron chi connectivity index (χ2n) is 9.61. The average molecular weight is 468 g/mol. The van der Waals surface area contributed by atoms with Gasteiger partial charge in [0.05, 0.1) is 24.4 Å². The molecule has 0 saturated carbocycles. The molecule has 10 nitrogen and oxygen atoms in total. The average Bonchev–Trinajstić information content (AvgIpc) is 3.37. The van der Waals surface area contributed by atoms with E-state index in [1.807, 2.05) is 13.0 Å². The van der Waals surface area contributed by atoms with Crippen molar-refractivity contribution in [2.45, 2.75) is 82.7 Å². The zero-order valence-corrected chi connectivity index (χ0v) is 19.9. The van der Waals surface area contributed by atoms with Crippen LogP contribution in [0.25, 0.3) is 10.9 Å². The summed E-state index contributed by atoms with van der Waals surface area (Å²) in [6, 6.07) is 4.79. The molecular formula is C24H33N7O3. The van der Waals surface area contributed by atoms with E-state index in [4.69, 9.17) is 9.72 Å². The summed E-state index contributed by atoms with van der Waals surface area (Å²) in [4.78, 5) is 36.1. The third-order valence-electron chi connectivity index (χ3n) is 7.18. The van der Waals surface area contributed by atoms with Gasteiger partial charge in [-0.2, -0.15) is 0 Å². The van der Waals surface area contributed by atoms with Crippen LogP contribution in [0, 0.1) is 0 Å². The fourth-order valence-electron chi connectivity index (χ4n) is 5.60. The monoisotopic (exact) mass is 467 g/mol. The topological polar surface area (TPSA) is 121 Å². The number of rotatable bonds is 6. The minimum Gasteiger partial charge on any atom is -0.465 e. The standard InChI is InChI=1S/C24H33N7O3/c1-4-22(32)31-16-5-6-17(31)10-15(9-16)26-23-18-8-14(24(33)34-3)12-25-19(18)11-20(28-23)27-21-7-13(2)29-30-21/h8,11-13,15-17,21,29-30H,4-7,9-10H2,1-3H3,(H2,26,27,28)/t13?,15?,16-,17+,21?. The normalized spacial score (nSPS) is 28.2. The quantitative estimate of drug-likeness (QED) is 0.475. The van der Waals surface area contributed by atoms with Crippen molar-refractivity contribution >= 4 is 34.4 Å². The van der Waals surface area contributed by atoms with Gasteiger partial charge in [-0.25, -0.2) is 15.2 Å². The van der Waals surface area contributed by atoms with E-state index in [1.54, 1.807) is 6.07 Å². The van der Waals surface area contributed by atoms with Gasteiger partial charge < -0.3 is 20.3 Å². The van der Waals surface area contributed by atoms with Gasteiger partial charge in [0, 0.05) is 48.2 Å². The minimum atomic E-state index is -0.429. The molecule has 3 unspecified atom stereocenters. The highest BCUT2D eigenvalue weighted by Crippen LogP contribution is 2.38. The van der Waals surface area contributed by atoms with E-state index in [9.17, 15) is 9.59 Å². The summed E-state index contributed by atoms with van der Waals surface area (Å²) in [6.45, 7) is 4.05. The summed E-state index contributed by atoms with van der Waals surface area (Å²) in [6.07, 6.45) is 6.95.